The van der Waals surface area contributed by atoms with Gasteiger partial charge in [-0.05, 0) is 48.6 Å². The molecule has 26 heavy (non-hydrogen) atoms. The first-order valence-electron chi connectivity index (χ1n) is 8.40. The van der Waals surface area contributed by atoms with Crippen molar-refractivity contribution < 1.29 is 14.0 Å². The van der Waals surface area contributed by atoms with Gasteiger partial charge in [0.15, 0.2) is 0 Å². The molecule has 0 saturated heterocycles. The molecule has 1 heterocycles. The van der Waals surface area contributed by atoms with Crippen molar-refractivity contribution in [3.8, 4) is 0 Å². The van der Waals surface area contributed by atoms with Gasteiger partial charge in [0.05, 0.1) is 9.90 Å². The third-order valence-corrected chi connectivity index (χ3v) is 6.04. The van der Waals surface area contributed by atoms with Crippen LogP contribution in [0.5, 0.6) is 0 Å². The van der Waals surface area contributed by atoms with E-state index in [2.05, 4.69) is 5.32 Å². The predicted molar refractivity (Wildman–Crippen MR) is 101 cm³/mol. The number of amides is 2. The van der Waals surface area contributed by atoms with Gasteiger partial charge in [-0.2, -0.15) is 0 Å². The van der Waals surface area contributed by atoms with Gasteiger partial charge in [-0.15, -0.1) is 11.3 Å². The van der Waals surface area contributed by atoms with Gasteiger partial charge in [0.1, 0.15) is 5.82 Å². The standard InChI is InChI=1S/C19H20ClFN2O2S/c1-23(2)19(25)17-9-13-8-12(4-6-16(13)26-17)18(24)22-10-11-3-5-15(21)14(20)7-11/h3,5,7,9,12H,4,6,8,10H2,1-2H3,(H,22,24). The number of hydrogen-bond acceptors (Lipinski definition) is 3. The molecule has 1 aliphatic carbocycles. The number of nitrogens with one attached hydrogen (secondary N) is 1. The zero-order valence-corrected chi connectivity index (χ0v) is 16.2. The van der Waals surface area contributed by atoms with Crippen LogP contribution in [0.1, 0.15) is 32.1 Å². The van der Waals surface area contributed by atoms with E-state index in [1.54, 1.807) is 25.1 Å². The number of thiophene rings is 1. The second kappa shape index (κ2) is 7.76. The lowest BCUT2D eigenvalue weighted by Crippen LogP contribution is -2.33. The molecule has 0 bridgehead atoms. The highest BCUT2D eigenvalue weighted by atomic mass is 35.5. The Labute approximate surface area is 161 Å². The predicted octanol–water partition coefficient (Wildman–Crippen LogP) is 3.66. The molecule has 0 spiro atoms. The molecule has 1 aliphatic rings. The topological polar surface area (TPSA) is 49.4 Å². The van der Waals surface area contributed by atoms with Gasteiger partial charge < -0.3 is 10.2 Å². The summed E-state index contributed by atoms with van der Waals surface area (Å²) in [5.41, 5.74) is 1.85. The number of halogens is 2. The van der Waals surface area contributed by atoms with Crippen molar-refractivity contribution in [3.63, 3.8) is 0 Å². The zero-order chi connectivity index (χ0) is 18.8. The number of hydrogen-bond donors (Lipinski definition) is 1. The highest BCUT2D eigenvalue weighted by Gasteiger charge is 2.27. The fourth-order valence-electron chi connectivity index (χ4n) is 3.06. The zero-order valence-electron chi connectivity index (χ0n) is 14.6. The summed E-state index contributed by atoms with van der Waals surface area (Å²) in [5.74, 6) is -0.612. The summed E-state index contributed by atoms with van der Waals surface area (Å²) >= 11 is 7.29. The minimum atomic E-state index is -0.470. The van der Waals surface area contributed by atoms with Crippen LogP contribution < -0.4 is 5.32 Å². The summed E-state index contributed by atoms with van der Waals surface area (Å²) in [6, 6.07) is 6.35. The van der Waals surface area contributed by atoms with E-state index < -0.39 is 5.82 Å². The summed E-state index contributed by atoms with van der Waals surface area (Å²) in [4.78, 5) is 28.1. The Balaban J connectivity index is 1.61. The fraction of sp³-hybridized carbons (Fsp3) is 0.368. The molecule has 1 atom stereocenters. The average molecular weight is 395 g/mol. The number of rotatable bonds is 4. The summed E-state index contributed by atoms with van der Waals surface area (Å²) in [7, 11) is 3.47. The van der Waals surface area contributed by atoms with Crippen molar-refractivity contribution >= 4 is 34.8 Å². The molecule has 2 aromatic rings. The first-order valence-corrected chi connectivity index (χ1v) is 9.59. The lowest BCUT2D eigenvalue weighted by Gasteiger charge is -2.21. The van der Waals surface area contributed by atoms with Gasteiger partial charge >= 0.3 is 0 Å². The summed E-state index contributed by atoms with van der Waals surface area (Å²) in [6.45, 7) is 0.316. The maximum absolute atomic E-state index is 13.2. The van der Waals surface area contributed by atoms with Crippen molar-refractivity contribution in [2.45, 2.75) is 25.8 Å². The molecule has 3 rings (SSSR count). The normalized spacial score (nSPS) is 16.1. The maximum atomic E-state index is 13.2. The molecule has 1 aromatic carbocycles. The van der Waals surface area contributed by atoms with Gasteiger partial charge in [0.2, 0.25) is 5.91 Å². The van der Waals surface area contributed by atoms with Crippen molar-refractivity contribution in [3.05, 3.63) is 56.0 Å². The molecular formula is C19H20ClFN2O2S. The molecule has 0 aliphatic heterocycles. The molecule has 1 N–H and O–H groups in total. The maximum Gasteiger partial charge on any atom is 0.263 e. The lowest BCUT2D eigenvalue weighted by atomic mass is 9.87. The fourth-order valence-corrected chi connectivity index (χ4v) is 4.49. The van der Waals surface area contributed by atoms with Gasteiger partial charge in [0, 0.05) is 31.4 Å². The number of carbonyl (C=O) groups is 2. The summed E-state index contributed by atoms with van der Waals surface area (Å²) in [5, 5.41) is 2.95. The third-order valence-electron chi connectivity index (χ3n) is 4.52. The highest BCUT2D eigenvalue weighted by molar-refractivity contribution is 7.14. The number of benzene rings is 1. The van der Waals surface area contributed by atoms with Crippen LogP contribution in [0.2, 0.25) is 5.02 Å². The molecule has 2 amide bonds. The van der Waals surface area contributed by atoms with Crippen LogP contribution in [0.15, 0.2) is 24.3 Å². The molecule has 1 aromatic heterocycles. The SMILES string of the molecule is CN(C)C(=O)c1cc2c(s1)CCC(C(=O)NCc1ccc(F)c(Cl)c1)C2. The van der Waals surface area contributed by atoms with Crippen LogP contribution in [-0.4, -0.2) is 30.8 Å². The first-order chi connectivity index (χ1) is 12.3. The van der Waals surface area contributed by atoms with E-state index in [1.165, 1.54) is 28.3 Å². The van der Waals surface area contributed by atoms with Crippen molar-refractivity contribution in [2.75, 3.05) is 14.1 Å². The van der Waals surface area contributed by atoms with E-state index in [-0.39, 0.29) is 22.8 Å². The van der Waals surface area contributed by atoms with E-state index in [9.17, 15) is 14.0 Å². The van der Waals surface area contributed by atoms with Crippen molar-refractivity contribution in [1.82, 2.24) is 10.2 Å². The molecule has 1 unspecified atom stereocenters. The summed E-state index contributed by atoms with van der Waals surface area (Å²) < 4.78 is 13.2. The Kier molecular flexibility index (Phi) is 5.63. The average Bonchev–Trinajstić information content (AvgIpc) is 3.04. The Morgan fingerprint density at radius 2 is 2.12 bits per heavy atom. The Hall–Kier alpha value is -1.92. The number of carbonyl (C=O) groups excluding carboxylic acids is 2. The quantitative estimate of drug-likeness (QED) is 0.860. The molecule has 0 fully saturated rings. The van der Waals surface area contributed by atoms with E-state index in [4.69, 9.17) is 11.6 Å². The summed E-state index contributed by atoms with van der Waals surface area (Å²) in [6.07, 6.45) is 2.21. The van der Waals surface area contributed by atoms with Gasteiger partial charge in [-0.3, -0.25) is 9.59 Å². The van der Waals surface area contributed by atoms with Crippen LogP contribution in [0.25, 0.3) is 0 Å². The Morgan fingerprint density at radius 3 is 2.81 bits per heavy atom. The molecule has 0 saturated carbocycles. The number of fused-ring (bicyclic) bond motifs is 1. The minimum Gasteiger partial charge on any atom is -0.352 e. The van der Waals surface area contributed by atoms with Crippen LogP contribution >= 0.6 is 22.9 Å². The molecule has 4 nitrogen and oxygen atoms in total. The van der Waals surface area contributed by atoms with E-state index in [0.29, 0.717) is 13.0 Å². The monoisotopic (exact) mass is 394 g/mol. The van der Waals surface area contributed by atoms with Crippen molar-refractivity contribution in [1.29, 1.82) is 0 Å². The Bertz CT molecular complexity index is 850. The largest absolute Gasteiger partial charge is 0.352 e. The molecule has 0 radical (unpaired) electrons. The molecular weight excluding hydrogens is 375 g/mol. The minimum absolute atomic E-state index is 0.00131. The van der Waals surface area contributed by atoms with Gasteiger partial charge in [-0.1, -0.05) is 17.7 Å². The van der Waals surface area contributed by atoms with E-state index >= 15 is 0 Å². The van der Waals surface area contributed by atoms with Crippen molar-refractivity contribution in [2.24, 2.45) is 5.92 Å². The lowest BCUT2D eigenvalue weighted by molar-refractivity contribution is -0.125. The van der Waals surface area contributed by atoms with Crippen LogP contribution in [0.3, 0.4) is 0 Å². The second-order valence-electron chi connectivity index (χ2n) is 6.66. The van der Waals surface area contributed by atoms with Crippen LogP contribution in [0, 0.1) is 11.7 Å². The molecule has 7 heteroatoms. The highest BCUT2D eigenvalue weighted by Crippen LogP contribution is 2.33. The second-order valence-corrected chi connectivity index (χ2v) is 8.21. The van der Waals surface area contributed by atoms with E-state index in [1.807, 2.05) is 6.07 Å². The van der Waals surface area contributed by atoms with Gasteiger partial charge in [0.25, 0.3) is 5.91 Å². The Morgan fingerprint density at radius 1 is 1.35 bits per heavy atom. The van der Waals surface area contributed by atoms with Gasteiger partial charge in [-0.25, -0.2) is 4.39 Å². The smallest absolute Gasteiger partial charge is 0.263 e. The number of nitrogens with zero attached hydrogens (tertiary/aromatic N) is 1. The van der Waals surface area contributed by atoms with Crippen LogP contribution in [0.4, 0.5) is 4.39 Å². The van der Waals surface area contributed by atoms with Crippen LogP contribution in [-0.2, 0) is 24.2 Å². The first kappa shape index (κ1) is 18.9. The van der Waals surface area contributed by atoms with E-state index in [0.717, 1.165) is 28.8 Å². The molecule has 138 valence electrons. The number of aryl methyl sites for hydroxylation is 1. The third kappa shape index (κ3) is 4.07.